The predicted octanol–water partition coefficient (Wildman–Crippen LogP) is 5.27. The molecule has 0 spiro atoms. The van der Waals surface area contributed by atoms with Crippen LogP contribution in [0.15, 0.2) is 46.9 Å². The Balaban J connectivity index is 2.22. The third-order valence-corrected chi connectivity index (χ3v) is 3.90. The van der Waals surface area contributed by atoms with Crippen molar-refractivity contribution in [1.29, 1.82) is 5.26 Å². The van der Waals surface area contributed by atoms with Gasteiger partial charge >= 0.3 is 0 Å². The van der Waals surface area contributed by atoms with E-state index in [9.17, 15) is 0 Å². The normalized spacial score (nSPS) is 10.5. The second-order valence-corrected chi connectivity index (χ2v) is 5.84. The third-order valence-electron chi connectivity index (χ3n) is 3.22. The molecule has 0 N–H and O–H groups in total. The number of nitrogens with zero attached hydrogens (tertiary/aromatic N) is 1. The van der Waals surface area contributed by atoms with Crippen molar-refractivity contribution >= 4 is 22.0 Å². The van der Waals surface area contributed by atoms with Crippen molar-refractivity contribution < 1.29 is 9.47 Å². The van der Waals surface area contributed by atoms with Crippen molar-refractivity contribution in [2.24, 2.45) is 0 Å². The summed E-state index contributed by atoms with van der Waals surface area (Å²) in [5.74, 6) is 1.34. The molecule has 2 rings (SSSR count). The van der Waals surface area contributed by atoms with Crippen LogP contribution in [0.1, 0.15) is 23.6 Å². The maximum atomic E-state index is 8.67. The molecule has 4 heteroatoms. The molecule has 0 aromatic heterocycles. The van der Waals surface area contributed by atoms with Crippen molar-refractivity contribution in [3.8, 4) is 17.6 Å². The number of hydrogen-bond acceptors (Lipinski definition) is 3. The lowest BCUT2D eigenvalue weighted by Gasteiger charge is -2.14. The van der Waals surface area contributed by atoms with Crippen LogP contribution in [0.4, 0.5) is 0 Å². The van der Waals surface area contributed by atoms with Gasteiger partial charge in [-0.2, -0.15) is 5.26 Å². The largest absolute Gasteiger partial charge is 0.490 e. The SMILES string of the molecule is CCOc1cc(C=CC#N)c(Br)cc1OCc1ccc(C)cc1. The average Bonchev–Trinajstić information content (AvgIpc) is 2.55. The summed E-state index contributed by atoms with van der Waals surface area (Å²) >= 11 is 3.50. The van der Waals surface area contributed by atoms with Gasteiger partial charge in [-0.05, 0) is 43.2 Å². The number of hydrogen-bond donors (Lipinski definition) is 0. The first kappa shape index (κ1) is 17.1. The quantitative estimate of drug-likeness (QED) is 0.649. The van der Waals surface area contributed by atoms with Crippen molar-refractivity contribution in [2.45, 2.75) is 20.5 Å². The van der Waals surface area contributed by atoms with E-state index < -0.39 is 0 Å². The lowest BCUT2D eigenvalue weighted by molar-refractivity contribution is 0.269. The van der Waals surface area contributed by atoms with Crippen molar-refractivity contribution in [2.75, 3.05) is 6.61 Å². The molecular formula is C19H18BrNO2. The van der Waals surface area contributed by atoms with Gasteiger partial charge in [-0.1, -0.05) is 45.8 Å². The fourth-order valence-corrected chi connectivity index (χ4v) is 2.49. The minimum absolute atomic E-state index is 0.472. The summed E-state index contributed by atoms with van der Waals surface area (Å²) in [4.78, 5) is 0. The van der Waals surface area contributed by atoms with Gasteiger partial charge in [-0.25, -0.2) is 0 Å². The number of aryl methyl sites for hydroxylation is 1. The molecule has 0 atom stereocenters. The molecule has 0 saturated carbocycles. The average molecular weight is 372 g/mol. The number of nitriles is 1. The van der Waals surface area contributed by atoms with E-state index in [1.807, 2.05) is 25.1 Å². The smallest absolute Gasteiger partial charge is 0.162 e. The highest BCUT2D eigenvalue weighted by atomic mass is 79.9. The van der Waals surface area contributed by atoms with E-state index in [1.165, 1.54) is 11.6 Å². The highest BCUT2D eigenvalue weighted by molar-refractivity contribution is 9.10. The van der Waals surface area contributed by atoms with Gasteiger partial charge in [0.1, 0.15) is 6.61 Å². The highest BCUT2D eigenvalue weighted by Crippen LogP contribution is 2.35. The molecule has 0 saturated heterocycles. The Labute approximate surface area is 145 Å². The van der Waals surface area contributed by atoms with Gasteiger partial charge in [-0.15, -0.1) is 0 Å². The van der Waals surface area contributed by atoms with Crippen LogP contribution in [0.3, 0.4) is 0 Å². The van der Waals surface area contributed by atoms with Crippen LogP contribution in [-0.4, -0.2) is 6.61 Å². The Hall–Kier alpha value is -2.25. The standard InChI is InChI=1S/C19H18BrNO2/c1-3-22-18-11-16(5-4-10-21)17(20)12-19(18)23-13-15-8-6-14(2)7-9-15/h4-9,11-12H,3,13H2,1-2H3. The second kappa shape index (κ2) is 8.40. The van der Waals surface area contributed by atoms with Gasteiger partial charge in [0.15, 0.2) is 11.5 Å². The Morgan fingerprint density at radius 1 is 1.13 bits per heavy atom. The Morgan fingerprint density at radius 3 is 2.48 bits per heavy atom. The van der Waals surface area contributed by atoms with Crippen LogP contribution >= 0.6 is 15.9 Å². The molecule has 0 unspecified atom stereocenters. The van der Waals surface area contributed by atoms with Crippen molar-refractivity contribution in [1.82, 2.24) is 0 Å². The number of ether oxygens (including phenoxy) is 2. The lowest BCUT2D eigenvalue weighted by atomic mass is 10.1. The Morgan fingerprint density at radius 2 is 1.83 bits per heavy atom. The molecule has 118 valence electrons. The van der Waals surface area contributed by atoms with Gasteiger partial charge in [0, 0.05) is 10.5 Å². The lowest BCUT2D eigenvalue weighted by Crippen LogP contribution is -2.00. The molecule has 23 heavy (non-hydrogen) atoms. The third kappa shape index (κ3) is 4.87. The fourth-order valence-electron chi connectivity index (χ4n) is 2.03. The molecule has 0 fully saturated rings. The number of benzene rings is 2. The van der Waals surface area contributed by atoms with Gasteiger partial charge in [0.2, 0.25) is 0 Å². The molecule has 2 aromatic rings. The molecule has 0 radical (unpaired) electrons. The molecule has 3 nitrogen and oxygen atoms in total. The second-order valence-electron chi connectivity index (χ2n) is 4.99. The maximum absolute atomic E-state index is 8.67. The zero-order valence-corrected chi connectivity index (χ0v) is 14.8. The van der Waals surface area contributed by atoms with Crippen LogP contribution in [0, 0.1) is 18.3 Å². The van der Waals surface area contributed by atoms with Crippen LogP contribution in [-0.2, 0) is 6.61 Å². The summed E-state index contributed by atoms with van der Waals surface area (Å²) in [5, 5.41) is 8.67. The van der Waals surface area contributed by atoms with Gasteiger partial charge in [0.25, 0.3) is 0 Å². The Kier molecular flexibility index (Phi) is 6.25. The van der Waals surface area contributed by atoms with Crippen LogP contribution < -0.4 is 9.47 Å². The van der Waals surface area contributed by atoms with Gasteiger partial charge < -0.3 is 9.47 Å². The Bertz CT molecular complexity index is 730. The van der Waals surface area contributed by atoms with Gasteiger partial charge in [-0.3, -0.25) is 0 Å². The zero-order valence-electron chi connectivity index (χ0n) is 13.2. The van der Waals surface area contributed by atoms with Crippen LogP contribution in [0.2, 0.25) is 0 Å². The molecule has 0 bridgehead atoms. The summed E-state index contributed by atoms with van der Waals surface area (Å²) in [5.41, 5.74) is 3.19. The van der Waals surface area contributed by atoms with Crippen LogP contribution in [0.5, 0.6) is 11.5 Å². The zero-order chi connectivity index (χ0) is 16.7. The monoisotopic (exact) mass is 371 g/mol. The molecule has 0 heterocycles. The van der Waals surface area contributed by atoms with Gasteiger partial charge in [0.05, 0.1) is 12.7 Å². The van der Waals surface area contributed by atoms with E-state index in [2.05, 4.69) is 47.1 Å². The van der Waals surface area contributed by atoms with Crippen molar-refractivity contribution in [3.63, 3.8) is 0 Å². The molecule has 0 aliphatic carbocycles. The minimum Gasteiger partial charge on any atom is -0.490 e. The molecule has 0 amide bonds. The number of rotatable bonds is 6. The minimum atomic E-state index is 0.472. The van der Waals surface area contributed by atoms with E-state index in [0.29, 0.717) is 24.7 Å². The molecule has 0 aliphatic heterocycles. The summed E-state index contributed by atoms with van der Waals surface area (Å²) in [6, 6.07) is 14.0. The first-order chi connectivity index (χ1) is 11.1. The molecule has 0 aliphatic rings. The van der Waals surface area contributed by atoms with E-state index in [-0.39, 0.29) is 0 Å². The summed E-state index contributed by atoms with van der Waals surface area (Å²) in [7, 11) is 0. The number of halogens is 1. The first-order valence-corrected chi connectivity index (χ1v) is 8.14. The molecule has 2 aromatic carbocycles. The summed E-state index contributed by atoms with van der Waals surface area (Å²) in [6.07, 6.45) is 3.17. The van der Waals surface area contributed by atoms with E-state index in [1.54, 1.807) is 6.08 Å². The van der Waals surface area contributed by atoms with E-state index in [0.717, 1.165) is 15.6 Å². The fraction of sp³-hybridized carbons (Fsp3) is 0.211. The summed E-state index contributed by atoms with van der Waals surface area (Å²) < 4.78 is 12.4. The highest BCUT2D eigenvalue weighted by Gasteiger charge is 2.10. The molecular weight excluding hydrogens is 354 g/mol. The topological polar surface area (TPSA) is 42.2 Å². The number of allylic oxidation sites excluding steroid dienone is 1. The first-order valence-electron chi connectivity index (χ1n) is 7.35. The van der Waals surface area contributed by atoms with E-state index >= 15 is 0 Å². The van der Waals surface area contributed by atoms with Crippen LogP contribution in [0.25, 0.3) is 6.08 Å². The predicted molar refractivity (Wildman–Crippen MR) is 95.5 cm³/mol. The van der Waals surface area contributed by atoms with E-state index in [4.69, 9.17) is 14.7 Å². The summed E-state index contributed by atoms with van der Waals surface area (Å²) in [6.45, 7) is 5.00. The van der Waals surface area contributed by atoms with Crippen molar-refractivity contribution in [3.05, 3.63) is 63.6 Å². The maximum Gasteiger partial charge on any atom is 0.162 e.